The molecule has 0 radical (unpaired) electrons. The number of carbonyl (C=O) groups is 4. The lowest BCUT2D eigenvalue weighted by atomic mass is 9.99. The number of aliphatic hydroxyl groups excluding tert-OH is 1. The molecule has 0 aromatic carbocycles. The normalized spacial score (nSPS) is 14.7. The second-order valence-corrected chi connectivity index (χ2v) is 26.9. The molecule has 0 spiro atoms. The Labute approximate surface area is 498 Å². The monoisotopic (exact) mass is 1210 g/mol. The summed E-state index contributed by atoms with van der Waals surface area (Å²) in [7, 11) is -9.88. The second kappa shape index (κ2) is 54.5. The minimum Gasteiger partial charge on any atom is -0.462 e. The molecule has 0 heterocycles. The van der Waals surface area contributed by atoms with E-state index in [-0.39, 0.29) is 25.7 Å². The Morgan fingerprint density at radius 1 is 0.354 bits per heavy atom. The van der Waals surface area contributed by atoms with E-state index in [0.29, 0.717) is 31.6 Å². The van der Waals surface area contributed by atoms with Gasteiger partial charge >= 0.3 is 39.5 Å². The van der Waals surface area contributed by atoms with Crippen LogP contribution in [0.3, 0.4) is 0 Å². The lowest BCUT2D eigenvalue weighted by Crippen LogP contribution is -2.30. The van der Waals surface area contributed by atoms with E-state index in [1.807, 2.05) is 0 Å². The van der Waals surface area contributed by atoms with E-state index in [1.165, 1.54) is 109 Å². The molecule has 0 amide bonds. The van der Waals surface area contributed by atoms with E-state index in [0.717, 1.165) is 108 Å². The number of rotatable bonds is 61. The van der Waals surface area contributed by atoms with Gasteiger partial charge in [0.15, 0.2) is 12.2 Å². The summed E-state index contributed by atoms with van der Waals surface area (Å²) >= 11 is 0. The largest absolute Gasteiger partial charge is 0.472 e. The number of unbranched alkanes of at least 4 members (excludes halogenated alkanes) is 28. The topological polar surface area (TPSA) is 237 Å². The van der Waals surface area contributed by atoms with Crippen LogP contribution in [0.4, 0.5) is 0 Å². The van der Waals surface area contributed by atoms with Crippen LogP contribution in [0.25, 0.3) is 0 Å². The Morgan fingerprint density at radius 2 is 0.622 bits per heavy atom. The fraction of sp³-hybridized carbons (Fsp3) is 0.937. The van der Waals surface area contributed by atoms with E-state index < -0.39 is 97.5 Å². The predicted molar refractivity (Wildman–Crippen MR) is 326 cm³/mol. The van der Waals surface area contributed by atoms with Gasteiger partial charge in [-0.05, 0) is 43.4 Å². The lowest BCUT2D eigenvalue weighted by molar-refractivity contribution is -0.161. The van der Waals surface area contributed by atoms with Crippen LogP contribution in [-0.2, 0) is 65.4 Å². The SMILES string of the molecule is CCCCCCCC(=O)OC[C@H](COP(=O)(O)OC[C@H](O)COP(=O)(O)OC[C@@H](COC(=O)CCCCCCCCCCCCC(C)C)OC(=O)CCCCCCCCCCCCC(C)CC)OC(=O)CCCCCCCCCC(C)C. The van der Waals surface area contributed by atoms with Gasteiger partial charge in [-0.1, -0.05) is 254 Å². The van der Waals surface area contributed by atoms with Crippen LogP contribution in [-0.4, -0.2) is 96.7 Å². The van der Waals surface area contributed by atoms with E-state index in [9.17, 15) is 43.2 Å². The molecule has 0 bridgehead atoms. The van der Waals surface area contributed by atoms with Gasteiger partial charge in [-0.3, -0.25) is 37.3 Å². The number of phosphoric acid groups is 2. The Bertz CT molecular complexity index is 1630. The highest BCUT2D eigenvalue weighted by atomic mass is 31.2. The lowest BCUT2D eigenvalue weighted by Gasteiger charge is -2.21. The summed E-state index contributed by atoms with van der Waals surface area (Å²) in [5, 5.41) is 10.5. The molecule has 3 N–H and O–H groups in total. The van der Waals surface area contributed by atoms with Crippen LogP contribution in [0.5, 0.6) is 0 Å². The van der Waals surface area contributed by atoms with Gasteiger partial charge in [-0.25, -0.2) is 9.13 Å². The van der Waals surface area contributed by atoms with Crippen molar-refractivity contribution in [1.82, 2.24) is 0 Å². The van der Waals surface area contributed by atoms with Gasteiger partial charge in [0, 0.05) is 25.7 Å². The molecule has 0 aliphatic carbocycles. The summed E-state index contributed by atoms with van der Waals surface area (Å²) in [4.78, 5) is 71.9. The van der Waals surface area contributed by atoms with Crippen LogP contribution in [0.1, 0.15) is 305 Å². The molecule has 0 aliphatic rings. The first-order valence-corrected chi connectivity index (χ1v) is 35.9. The molecule has 0 fully saturated rings. The molecule has 82 heavy (non-hydrogen) atoms. The summed E-state index contributed by atoms with van der Waals surface area (Å²) in [6.45, 7) is 11.7. The van der Waals surface area contributed by atoms with Gasteiger partial charge in [-0.2, -0.15) is 0 Å². The number of hydrogen-bond donors (Lipinski definition) is 3. The number of hydrogen-bond acceptors (Lipinski definition) is 15. The van der Waals surface area contributed by atoms with Gasteiger partial charge in [0.2, 0.25) is 0 Å². The first kappa shape index (κ1) is 80.1. The highest BCUT2D eigenvalue weighted by Crippen LogP contribution is 2.45. The summed E-state index contributed by atoms with van der Waals surface area (Å²) in [5.74, 6) is 0.109. The maximum atomic E-state index is 13.0. The molecule has 0 rings (SSSR count). The molecular weight excluding hydrogens is 1090 g/mol. The summed E-state index contributed by atoms with van der Waals surface area (Å²) in [6.07, 6.45) is 35.2. The van der Waals surface area contributed by atoms with Crippen molar-refractivity contribution in [2.45, 2.75) is 324 Å². The molecule has 17 nitrogen and oxygen atoms in total. The predicted octanol–water partition coefficient (Wildman–Crippen LogP) is 17.1. The zero-order chi connectivity index (χ0) is 61.0. The first-order valence-electron chi connectivity index (χ1n) is 32.9. The molecule has 6 atom stereocenters. The average Bonchev–Trinajstić information content (AvgIpc) is 3.45. The highest BCUT2D eigenvalue weighted by Gasteiger charge is 2.30. The number of phosphoric ester groups is 2. The Kier molecular flexibility index (Phi) is 53.2. The summed E-state index contributed by atoms with van der Waals surface area (Å²) in [5.41, 5.74) is 0. The molecule has 486 valence electrons. The van der Waals surface area contributed by atoms with Gasteiger partial charge in [-0.15, -0.1) is 0 Å². The average molecular weight is 1210 g/mol. The summed E-state index contributed by atoms with van der Waals surface area (Å²) in [6, 6.07) is 0. The van der Waals surface area contributed by atoms with Crippen LogP contribution >= 0.6 is 15.6 Å². The minimum atomic E-state index is -4.94. The molecule has 3 unspecified atom stereocenters. The smallest absolute Gasteiger partial charge is 0.462 e. The fourth-order valence-corrected chi connectivity index (χ4v) is 10.9. The van der Waals surface area contributed by atoms with E-state index in [1.54, 1.807) is 0 Å². The molecule has 0 saturated heterocycles. The molecular formula is C63H122O17P2. The van der Waals surface area contributed by atoms with Gasteiger partial charge < -0.3 is 33.8 Å². The number of carbonyl (C=O) groups excluding carboxylic acids is 4. The van der Waals surface area contributed by atoms with Gasteiger partial charge in [0.1, 0.15) is 19.3 Å². The van der Waals surface area contributed by atoms with Gasteiger partial charge in [0.25, 0.3) is 0 Å². The third-order valence-corrected chi connectivity index (χ3v) is 16.6. The van der Waals surface area contributed by atoms with Crippen LogP contribution < -0.4 is 0 Å². The second-order valence-electron chi connectivity index (χ2n) is 24.0. The highest BCUT2D eigenvalue weighted by molar-refractivity contribution is 7.47. The number of ether oxygens (including phenoxy) is 4. The van der Waals surface area contributed by atoms with Crippen molar-refractivity contribution >= 4 is 39.5 Å². The Hall–Kier alpha value is -1.94. The van der Waals surface area contributed by atoms with E-state index >= 15 is 0 Å². The van der Waals surface area contributed by atoms with Crippen molar-refractivity contribution in [1.29, 1.82) is 0 Å². The Morgan fingerprint density at radius 3 is 0.927 bits per heavy atom. The van der Waals surface area contributed by atoms with Crippen molar-refractivity contribution < 1.29 is 80.2 Å². The van der Waals surface area contributed by atoms with E-state index in [4.69, 9.17) is 37.0 Å². The van der Waals surface area contributed by atoms with E-state index in [2.05, 4.69) is 48.5 Å². The number of esters is 4. The van der Waals surface area contributed by atoms with Crippen LogP contribution in [0.2, 0.25) is 0 Å². The van der Waals surface area contributed by atoms with Crippen molar-refractivity contribution in [2.24, 2.45) is 17.8 Å². The Balaban J connectivity index is 5.19. The quantitative estimate of drug-likeness (QED) is 0.0222. The third kappa shape index (κ3) is 55.9. The van der Waals surface area contributed by atoms with Crippen molar-refractivity contribution in [3.63, 3.8) is 0 Å². The van der Waals surface area contributed by atoms with Crippen LogP contribution in [0.15, 0.2) is 0 Å². The van der Waals surface area contributed by atoms with Crippen molar-refractivity contribution in [3.8, 4) is 0 Å². The van der Waals surface area contributed by atoms with Gasteiger partial charge in [0.05, 0.1) is 26.4 Å². The standard InChI is InChI=1S/C63H122O17P2/c1-8-10-11-27-37-44-60(65)73-50-58(79-63(68)47-40-33-26-20-22-29-35-42-55(5)6)52-77-81(69,70)75-48-57(64)49-76-82(71,72)78-53-59(51-74-61(66)45-38-31-24-18-14-12-16-21-28-34-41-54(3)4)80-62(67)46-39-32-25-19-15-13-17-23-30-36-43-56(7)9-2/h54-59,64H,8-53H2,1-7H3,(H,69,70)(H,71,72)/t56?,57-,58+,59+/m0/s1. The zero-order valence-corrected chi connectivity index (χ0v) is 54.7. The molecule has 0 saturated carbocycles. The molecule has 0 aromatic heterocycles. The maximum absolute atomic E-state index is 13.0. The summed E-state index contributed by atoms with van der Waals surface area (Å²) < 4.78 is 67.8. The third-order valence-electron chi connectivity index (χ3n) is 14.7. The minimum absolute atomic E-state index is 0.102. The van der Waals surface area contributed by atoms with Crippen LogP contribution in [0, 0.1) is 17.8 Å². The molecule has 0 aliphatic heterocycles. The first-order chi connectivity index (χ1) is 39.3. The van der Waals surface area contributed by atoms with Crippen molar-refractivity contribution in [3.05, 3.63) is 0 Å². The van der Waals surface area contributed by atoms with Crippen molar-refractivity contribution in [2.75, 3.05) is 39.6 Å². The zero-order valence-electron chi connectivity index (χ0n) is 52.9. The molecule has 19 heteroatoms. The molecule has 0 aromatic rings. The number of aliphatic hydroxyl groups is 1. The fourth-order valence-electron chi connectivity index (χ4n) is 9.27. The maximum Gasteiger partial charge on any atom is 0.472 e.